The first-order chi connectivity index (χ1) is 28.3. The van der Waals surface area contributed by atoms with Gasteiger partial charge in [0.05, 0.1) is 57.9 Å². The predicted octanol–water partition coefficient (Wildman–Crippen LogP) is 1.72. The van der Waals surface area contributed by atoms with Gasteiger partial charge in [-0.05, 0) is 55.7 Å². The molecule has 0 fully saturated rings. The maximum Gasteiger partial charge on any atom is 0.335 e. The summed E-state index contributed by atoms with van der Waals surface area (Å²) in [7, 11) is 0. The SMILES string of the molecule is CC(C)[C@H](CCCNC(=O)CCOCCOCCOCCOCCCC(=O)CCN1C(=O)C=CC1=O)C(=O)N[C@@H](CCCNC(N)=O)C(=O)Cc1ccc(C(=O)O)cc1. The minimum absolute atomic E-state index is 0.0116. The number of carbonyl (C=O) groups excluding carboxylic acids is 7. The maximum atomic E-state index is 13.4. The summed E-state index contributed by atoms with van der Waals surface area (Å²) in [6.45, 7) is 7.24. The number of Topliss-reactive ketones (excluding diaryl/α,β-unsaturated/α-hetero) is 2. The summed E-state index contributed by atoms with van der Waals surface area (Å²) in [5.74, 6) is -3.08. The highest BCUT2D eigenvalue weighted by Crippen LogP contribution is 2.19. The van der Waals surface area contributed by atoms with Crippen LogP contribution in [-0.4, -0.2) is 136 Å². The molecule has 6 amide bonds. The lowest BCUT2D eigenvalue weighted by Gasteiger charge is -2.24. The number of imide groups is 1. The maximum absolute atomic E-state index is 13.4. The number of ether oxygens (including phenoxy) is 4. The first kappa shape index (κ1) is 50.1. The highest BCUT2D eigenvalue weighted by molar-refractivity contribution is 6.13. The number of rotatable bonds is 34. The van der Waals surface area contributed by atoms with Crippen LogP contribution in [0.15, 0.2) is 36.4 Å². The number of carboxylic acids is 1. The molecule has 0 aliphatic carbocycles. The Labute approximate surface area is 345 Å². The van der Waals surface area contributed by atoms with Crippen LogP contribution >= 0.6 is 0 Å². The van der Waals surface area contributed by atoms with Crippen molar-refractivity contribution >= 4 is 47.2 Å². The van der Waals surface area contributed by atoms with Crippen molar-refractivity contribution < 1.29 is 62.4 Å². The molecule has 0 unspecified atom stereocenters. The van der Waals surface area contributed by atoms with Gasteiger partial charge in [0, 0.05) is 70.0 Å². The number of nitrogens with one attached hydrogen (secondary N) is 3. The Hall–Kier alpha value is -5.04. The number of benzene rings is 1. The van der Waals surface area contributed by atoms with Gasteiger partial charge >= 0.3 is 12.0 Å². The van der Waals surface area contributed by atoms with Crippen molar-refractivity contribution in [3.05, 3.63) is 47.5 Å². The molecule has 2 rings (SSSR count). The third-order valence-electron chi connectivity index (χ3n) is 9.26. The molecule has 0 aromatic heterocycles. The first-order valence-electron chi connectivity index (χ1n) is 20.1. The number of nitrogens with two attached hydrogens (primary N) is 1. The zero-order valence-corrected chi connectivity index (χ0v) is 34.2. The highest BCUT2D eigenvalue weighted by Gasteiger charge is 2.27. The Morgan fingerprint density at radius 2 is 1.27 bits per heavy atom. The fourth-order valence-electron chi connectivity index (χ4n) is 5.92. The van der Waals surface area contributed by atoms with Crippen LogP contribution in [0.3, 0.4) is 0 Å². The van der Waals surface area contributed by atoms with E-state index in [-0.39, 0.29) is 80.2 Å². The van der Waals surface area contributed by atoms with Gasteiger partial charge in [0.15, 0.2) is 5.78 Å². The Bertz CT molecular complexity index is 1530. The molecular formula is C41H61N5O13. The monoisotopic (exact) mass is 831 g/mol. The molecule has 2 atom stereocenters. The van der Waals surface area contributed by atoms with Crippen LogP contribution in [0.2, 0.25) is 0 Å². The fourth-order valence-corrected chi connectivity index (χ4v) is 5.92. The normalized spacial score (nSPS) is 13.4. The van der Waals surface area contributed by atoms with Crippen LogP contribution in [0.25, 0.3) is 0 Å². The first-order valence-corrected chi connectivity index (χ1v) is 20.1. The van der Waals surface area contributed by atoms with Crippen LogP contribution in [0.4, 0.5) is 4.79 Å². The summed E-state index contributed by atoms with van der Waals surface area (Å²) in [6, 6.07) is 4.45. The van der Waals surface area contributed by atoms with Gasteiger partial charge in [-0.15, -0.1) is 0 Å². The van der Waals surface area contributed by atoms with Crippen molar-refractivity contribution in [3.63, 3.8) is 0 Å². The minimum atomic E-state index is -1.08. The largest absolute Gasteiger partial charge is 0.478 e. The zero-order chi connectivity index (χ0) is 43.4. The number of carbonyl (C=O) groups is 8. The van der Waals surface area contributed by atoms with Gasteiger partial charge in [-0.3, -0.25) is 33.7 Å². The van der Waals surface area contributed by atoms with Crippen molar-refractivity contribution in [1.29, 1.82) is 0 Å². The quantitative estimate of drug-likeness (QED) is 0.0490. The van der Waals surface area contributed by atoms with Gasteiger partial charge in [0.1, 0.15) is 5.78 Å². The van der Waals surface area contributed by atoms with Gasteiger partial charge < -0.3 is 45.7 Å². The second-order valence-electron chi connectivity index (χ2n) is 14.2. The number of urea groups is 1. The summed E-state index contributed by atoms with van der Waals surface area (Å²) < 4.78 is 21.9. The molecule has 18 heteroatoms. The molecule has 1 heterocycles. The number of primary amides is 1. The lowest BCUT2D eigenvalue weighted by molar-refractivity contribution is -0.137. The number of ketones is 2. The van der Waals surface area contributed by atoms with Crippen LogP contribution in [0.1, 0.15) is 81.1 Å². The number of aromatic carboxylic acids is 1. The number of hydrogen-bond donors (Lipinski definition) is 5. The minimum Gasteiger partial charge on any atom is -0.478 e. The van der Waals surface area contributed by atoms with Gasteiger partial charge in [-0.25, -0.2) is 9.59 Å². The molecule has 1 aliphatic rings. The van der Waals surface area contributed by atoms with Gasteiger partial charge in [0.2, 0.25) is 11.8 Å². The molecule has 0 spiro atoms. The van der Waals surface area contributed by atoms with E-state index in [2.05, 4.69) is 16.0 Å². The van der Waals surface area contributed by atoms with E-state index in [9.17, 15) is 38.4 Å². The molecule has 1 aliphatic heterocycles. The molecular weight excluding hydrogens is 770 g/mol. The smallest absolute Gasteiger partial charge is 0.335 e. The second-order valence-corrected chi connectivity index (χ2v) is 14.2. The second kappa shape index (κ2) is 29.2. The summed E-state index contributed by atoms with van der Waals surface area (Å²) in [5, 5.41) is 17.4. The molecule has 6 N–H and O–H groups in total. The molecule has 59 heavy (non-hydrogen) atoms. The molecule has 18 nitrogen and oxygen atoms in total. The number of amides is 6. The van der Waals surface area contributed by atoms with Crippen LogP contribution in [0.5, 0.6) is 0 Å². The highest BCUT2D eigenvalue weighted by atomic mass is 16.6. The molecule has 0 bridgehead atoms. The van der Waals surface area contributed by atoms with Crippen LogP contribution in [0, 0.1) is 11.8 Å². The third-order valence-corrected chi connectivity index (χ3v) is 9.26. The van der Waals surface area contributed by atoms with Gasteiger partial charge in [-0.2, -0.15) is 0 Å². The van der Waals surface area contributed by atoms with E-state index in [0.29, 0.717) is 90.5 Å². The van der Waals surface area contributed by atoms with Crippen molar-refractivity contribution in [2.75, 3.05) is 72.5 Å². The fraction of sp³-hybridized carbons (Fsp3) is 0.610. The summed E-state index contributed by atoms with van der Waals surface area (Å²) in [6.07, 6.45) is 5.20. The molecule has 328 valence electrons. The van der Waals surface area contributed by atoms with E-state index in [1.807, 2.05) is 13.8 Å². The van der Waals surface area contributed by atoms with Crippen molar-refractivity contribution in [2.45, 2.75) is 77.7 Å². The number of nitrogens with zero attached hydrogens (tertiary/aromatic N) is 1. The Morgan fingerprint density at radius 1 is 0.712 bits per heavy atom. The standard InChI is InChI=1S/C41H61N5O13/c1-29(2)33(39(52)45-34(8-4-18-44-41(42)55)35(48)28-30-9-11-31(12-10-30)40(53)54)7-3-17-43-36(49)16-21-57-23-25-59-27-26-58-24-22-56-20-5-6-32(47)15-19-46-37(50)13-14-38(46)51/h9-14,29,33-34H,3-8,15-28H2,1-2H3,(H,43,49)(H,45,52)(H,53,54)(H3,42,44,55)/t33-,34-/m0/s1. The topological polar surface area (TPSA) is 259 Å². The van der Waals surface area contributed by atoms with Crippen molar-refractivity contribution in [1.82, 2.24) is 20.9 Å². The van der Waals surface area contributed by atoms with E-state index < -0.39 is 35.8 Å². The van der Waals surface area contributed by atoms with Crippen molar-refractivity contribution in [2.24, 2.45) is 17.6 Å². The van der Waals surface area contributed by atoms with Crippen LogP contribution in [-0.2, 0) is 54.1 Å². The Balaban J connectivity index is 1.52. The van der Waals surface area contributed by atoms with Gasteiger partial charge in [0.25, 0.3) is 11.8 Å². The summed E-state index contributed by atoms with van der Waals surface area (Å²) >= 11 is 0. The van der Waals surface area contributed by atoms with Gasteiger partial charge in [-0.1, -0.05) is 26.0 Å². The number of carboxylic acid groups (broad SMARTS) is 1. The molecule has 0 saturated carbocycles. The average Bonchev–Trinajstić information content (AvgIpc) is 3.51. The molecule has 0 radical (unpaired) electrons. The van der Waals surface area contributed by atoms with E-state index in [1.165, 1.54) is 24.3 Å². The van der Waals surface area contributed by atoms with E-state index in [1.54, 1.807) is 12.1 Å². The molecule has 1 aromatic carbocycles. The summed E-state index contributed by atoms with van der Waals surface area (Å²) in [4.78, 5) is 97.3. The average molecular weight is 832 g/mol. The lowest BCUT2D eigenvalue weighted by atomic mass is 9.89. The Morgan fingerprint density at radius 3 is 1.85 bits per heavy atom. The van der Waals surface area contributed by atoms with E-state index in [4.69, 9.17) is 29.8 Å². The van der Waals surface area contributed by atoms with E-state index >= 15 is 0 Å². The lowest BCUT2D eigenvalue weighted by Crippen LogP contribution is -2.46. The Kier molecular flexibility index (Phi) is 24.8. The third kappa shape index (κ3) is 22.1. The molecule has 1 aromatic rings. The summed E-state index contributed by atoms with van der Waals surface area (Å²) in [5.41, 5.74) is 5.85. The molecule has 0 saturated heterocycles. The number of hydrogen-bond acceptors (Lipinski definition) is 12. The van der Waals surface area contributed by atoms with E-state index in [0.717, 1.165) is 4.90 Å². The van der Waals surface area contributed by atoms with Crippen LogP contribution < -0.4 is 21.7 Å². The predicted molar refractivity (Wildman–Crippen MR) is 214 cm³/mol. The van der Waals surface area contributed by atoms with Crippen molar-refractivity contribution in [3.8, 4) is 0 Å². The zero-order valence-electron chi connectivity index (χ0n) is 34.2.